The van der Waals surface area contributed by atoms with Crippen LogP contribution in [0.4, 0.5) is 0 Å². The van der Waals surface area contributed by atoms with Gasteiger partial charge in [-0.15, -0.1) is 0 Å². The molecule has 114 valence electrons. The number of aryl methyl sites for hydroxylation is 1. The zero-order chi connectivity index (χ0) is 15.3. The third-order valence-corrected chi connectivity index (χ3v) is 4.89. The van der Waals surface area contributed by atoms with Crippen molar-refractivity contribution in [3.05, 3.63) is 29.3 Å². The predicted octanol–water partition coefficient (Wildman–Crippen LogP) is 2.57. The molecule has 0 aliphatic carbocycles. The van der Waals surface area contributed by atoms with Crippen molar-refractivity contribution in [3.63, 3.8) is 0 Å². The summed E-state index contributed by atoms with van der Waals surface area (Å²) >= 11 is 0. The van der Waals surface area contributed by atoms with Crippen molar-refractivity contribution in [3.8, 4) is 0 Å². The molecule has 1 aromatic rings. The normalized spacial score (nSPS) is 13.7. The monoisotopic (exact) mass is 298 g/mol. The van der Waals surface area contributed by atoms with Crippen molar-refractivity contribution in [2.45, 2.75) is 64.6 Å². The molecular weight excluding hydrogens is 272 g/mol. The minimum absolute atomic E-state index is 0.0569. The summed E-state index contributed by atoms with van der Waals surface area (Å²) in [5.74, 6) is 0. The van der Waals surface area contributed by atoms with E-state index in [4.69, 9.17) is 0 Å². The zero-order valence-electron chi connectivity index (χ0n) is 13.0. The van der Waals surface area contributed by atoms with Crippen LogP contribution in [0.3, 0.4) is 0 Å². The SMILES string of the molecule is CCC(C)NS(=O)(=O)c1ccc(C)c(CNC(C)C)c1. The highest BCUT2D eigenvalue weighted by Crippen LogP contribution is 2.16. The van der Waals surface area contributed by atoms with Gasteiger partial charge in [-0.2, -0.15) is 0 Å². The molecular formula is C15H26N2O2S. The molecule has 0 fully saturated rings. The van der Waals surface area contributed by atoms with Crippen LogP contribution in [0.15, 0.2) is 23.1 Å². The van der Waals surface area contributed by atoms with Gasteiger partial charge in [0.15, 0.2) is 0 Å². The van der Waals surface area contributed by atoms with E-state index in [1.807, 2.05) is 26.8 Å². The number of rotatable bonds is 7. The van der Waals surface area contributed by atoms with Gasteiger partial charge < -0.3 is 5.32 Å². The highest BCUT2D eigenvalue weighted by atomic mass is 32.2. The van der Waals surface area contributed by atoms with Gasteiger partial charge >= 0.3 is 0 Å². The molecule has 1 atom stereocenters. The van der Waals surface area contributed by atoms with Gasteiger partial charge in [0.05, 0.1) is 4.90 Å². The maximum absolute atomic E-state index is 12.3. The molecule has 1 rings (SSSR count). The average Bonchev–Trinajstić information content (AvgIpc) is 2.36. The summed E-state index contributed by atoms with van der Waals surface area (Å²) in [6, 6.07) is 5.60. The van der Waals surface area contributed by atoms with Gasteiger partial charge in [0.25, 0.3) is 0 Å². The van der Waals surface area contributed by atoms with Crippen molar-refractivity contribution in [1.29, 1.82) is 0 Å². The molecule has 0 saturated carbocycles. The maximum Gasteiger partial charge on any atom is 0.240 e. The number of nitrogens with one attached hydrogen (secondary N) is 2. The molecule has 0 amide bonds. The van der Waals surface area contributed by atoms with E-state index >= 15 is 0 Å². The van der Waals surface area contributed by atoms with Crippen molar-refractivity contribution in [1.82, 2.24) is 10.0 Å². The molecule has 1 aromatic carbocycles. The number of hydrogen-bond donors (Lipinski definition) is 2. The van der Waals surface area contributed by atoms with Gasteiger partial charge in [0.2, 0.25) is 10.0 Å². The van der Waals surface area contributed by atoms with E-state index in [1.54, 1.807) is 12.1 Å². The van der Waals surface area contributed by atoms with Crippen LogP contribution < -0.4 is 10.0 Å². The van der Waals surface area contributed by atoms with Crippen LogP contribution in [0, 0.1) is 6.92 Å². The van der Waals surface area contributed by atoms with Crippen LogP contribution in [0.2, 0.25) is 0 Å². The number of sulfonamides is 1. The van der Waals surface area contributed by atoms with Gasteiger partial charge in [0, 0.05) is 18.6 Å². The fraction of sp³-hybridized carbons (Fsp3) is 0.600. The quantitative estimate of drug-likeness (QED) is 0.813. The Balaban J connectivity index is 2.99. The first kappa shape index (κ1) is 17.1. The van der Waals surface area contributed by atoms with E-state index in [1.165, 1.54) is 0 Å². The van der Waals surface area contributed by atoms with E-state index in [2.05, 4.69) is 23.9 Å². The van der Waals surface area contributed by atoms with Gasteiger partial charge in [-0.05, 0) is 43.5 Å². The van der Waals surface area contributed by atoms with E-state index in [0.29, 0.717) is 17.5 Å². The first-order valence-corrected chi connectivity index (χ1v) is 8.59. The molecule has 4 nitrogen and oxygen atoms in total. The Morgan fingerprint density at radius 1 is 1.20 bits per heavy atom. The third kappa shape index (κ3) is 4.89. The van der Waals surface area contributed by atoms with Crippen LogP contribution in [0.5, 0.6) is 0 Å². The summed E-state index contributed by atoms with van der Waals surface area (Å²) < 4.78 is 27.2. The maximum atomic E-state index is 12.3. The first-order chi connectivity index (χ1) is 9.26. The van der Waals surface area contributed by atoms with Crippen molar-refractivity contribution in [2.75, 3.05) is 0 Å². The Bertz CT molecular complexity index is 539. The van der Waals surface area contributed by atoms with E-state index in [-0.39, 0.29) is 6.04 Å². The molecule has 0 spiro atoms. The Morgan fingerprint density at radius 3 is 2.40 bits per heavy atom. The summed E-state index contributed by atoms with van der Waals surface area (Å²) in [6.45, 7) is 10.6. The number of hydrogen-bond acceptors (Lipinski definition) is 3. The van der Waals surface area contributed by atoms with E-state index < -0.39 is 10.0 Å². The molecule has 0 bridgehead atoms. The third-order valence-electron chi connectivity index (χ3n) is 3.30. The largest absolute Gasteiger partial charge is 0.310 e. The van der Waals surface area contributed by atoms with Crippen LogP contribution in [-0.4, -0.2) is 20.5 Å². The first-order valence-electron chi connectivity index (χ1n) is 7.11. The van der Waals surface area contributed by atoms with Crippen molar-refractivity contribution in [2.24, 2.45) is 0 Å². The van der Waals surface area contributed by atoms with E-state index in [0.717, 1.165) is 17.5 Å². The van der Waals surface area contributed by atoms with Crippen LogP contribution in [0.1, 0.15) is 45.2 Å². The van der Waals surface area contributed by atoms with Gasteiger partial charge in [-0.3, -0.25) is 0 Å². The molecule has 0 aromatic heterocycles. The smallest absolute Gasteiger partial charge is 0.240 e. The lowest BCUT2D eigenvalue weighted by Gasteiger charge is -2.15. The highest BCUT2D eigenvalue weighted by Gasteiger charge is 2.17. The lowest BCUT2D eigenvalue weighted by molar-refractivity contribution is 0.555. The molecule has 0 heterocycles. The molecule has 2 N–H and O–H groups in total. The Hall–Kier alpha value is -0.910. The lowest BCUT2D eigenvalue weighted by Crippen LogP contribution is -2.32. The van der Waals surface area contributed by atoms with Crippen LogP contribution in [0.25, 0.3) is 0 Å². The summed E-state index contributed by atoms with van der Waals surface area (Å²) in [6.07, 6.45) is 0.771. The van der Waals surface area contributed by atoms with Gasteiger partial charge in [-0.25, -0.2) is 13.1 Å². The topological polar surface area (TPSA) is 58.2 Å². The van der Waals surface area contributed by atoms with Crippen LogP contribution >= 0.6 is 0 Å². The molecule has 1 unspecified atom stereocenters. The molecule has 0 saturated heterocycles. The minimum Gasteiger partial charge on any atom is -0.310 e. The second-order valence-corrected chi connectivity index (χ2v) is 7.27. The summed E-state index contributed by atoms with van der Waals surface area (Å²) in [5, 5.41) is 3.32. The summed E-state index contributed by atoms with van der Waals surface area (Å²) in [7, 11) is -3.43. The molecule has 0 aliphatic rings. The standard InChI is InChI=1S/C15H26N2O2S/c1-6-13(5)17-20(18,19)15-8-7-12(4)14(9-15)10-16-11(2)3/h7-9,11,13,16-17H,6,10H2,1-5H3. The van der Waals surface area contributed by atoms with Crippen molar-refractivity contribution < 1.29 is 8.42 Å². The molecule has 0 radical (unpaired) electrons. The predicted molar refractivity (Wildman–Crippen MR) is 83.2 cm³/mol. The zero-order valence-corrected chi connectivity index (χ0v) is 13.8. The second kappa shape index (κ2) is 7.20. The van der Waals surface area contributed by atoms with Crippen molar-refractivity contribution >= 4 is 10.0 Å². The van der Waals surface area contributed by atoms with Gasteiger partial charge in [0.1, 0.15) is 0 Å². The van der Waals surface area contributed by atoms with Crippen LogP contribution in [-0.2, 0) is 16.6 Å². The molecule has 5 heteroatoms. The fourth-order valence-electron chi connectivity index (χ4n) is 1.74. The number of benzene rings is 1. The Kier molecular flexibility index (Phi) is 6.17. The highest BCUT2D eigenvalue weighted by molar-refractivity contribution is 7.89. The average molecular weight is 298 g/mol. The lowest BCUT2D eigenvalue weighted by atomic mass is 10.1. The van der Waals surface area contributed by atoms with Gasteiger partial charge in [-0.1, -0.05) is 26.8 Å². The molecule has 0 aliphatic heterocycles. The van der Waals surface area contributed by atoms with E-state index in [9.17, 15) is 8.42 Å². The fourth-order valence-corrected chi connectivity index (χ4v) is 3.11. The molecule has 20 heavy (non-hydrogen) atoms. The Morgan fingerprint density at radius 2 is 1.85 bits per heavy atom. The summed E-state index contributed by atoms with van der Waals surface area (Å²) in [4.78, 5) is 0.337. The second-order valence-electron chi connectivity index (χ2n) is 5.55. The Labute approximate surface area is 123 Å². The minimum atomic E-state index is -3.43. The summed E-state index contributed by atoms with van der Waals surface area (Å²) in [5.41, 5.74) is 2.12.